The molecule has 0 aliphatic carbocycles. The van der Waals surface area contributed by atoms with Crippen LogP contribution in [0.5, 0.6) is 0 Å². The van der Waals surface area contributed by atoms with E-state index in [4.69, 9.17) is 15.8 Å². The smallest absolute Gasteiger partial charge is 0.172 e. The lowest BCUT2D eigenvalue weighted by Crippen LogP contribution is -1.93. The third kappa shape index (κ3) is 1.87. The van der Waals surface area contributed by atoms with Crippen molar-refractivity contribution >= 4 is 0 Å². The van der Waals surface area contributed by atoms with E-state index in [1.54, 1.807) is 18.2 Å². The molecule has 0 aromatic rings. The molecule has 12 heavy (non-hydrogen) atoms. The molecule has 0 aliphatic heterocycles. The quantitative estimate of drug-likeness (QED) is 0.342. The van der Waals surface area contributed by atoms with Gasteiger partial charge in [-0.2, -0.15) is 15.8 Å². The lowest BCUT2D eigenvalue weighted by Gasteiger charge is -2.00. The van der Waals surface area contributed by atoms with Crippen LogP contribution in [0.2, 0.25) is 0 Å². The van der Waals surface area contributed by atoms with E-state index in [2.05, 4.69) is 11.3 Å². The van der Waals surface area contributed by atoms with Gasteiger partial charge in [0.15, 0.2) is 11.3 Å². The normalized spacial score (nSPS) is 6.83. The molecular weight excluding hydrogens is 154 g/mol. The molecule has 0 heterocycles. The molecule has 0 radical (unpaired) electrons. The number of nitriles is 3. The number of rotatable bonds is 2. The Morgan fingerprint density at radius 1 is 1.17 bits per heavy atom. The molecule has 4 heteroatoms. The Morgan fingerprint density at radius 2 is 1.67 bits per heavy atom. The molecule has 0 rings (SSSR count). The molecule has 58 valence electrons. The number of ether oxygens (including phenoxy) is 1. The highest BCUT2D eigenvalue weighted by molar-refractivity contribution is 5.49. The van der Waals surface area contributed by atoms with Crippen LogP contribution >= 0.6 is 0 Å². The van der Waals surface area contributed by atoms with Crippen molar-refractivity contribution in [2.45, 2.75) is 0 Å². The molecule has 0 saturated carbocycles. The van der Waals surface area contributed by atoms with Gasteiger partial charge in [0.1, 0.15) is 18.2 Å². The third-order valence-electron chi connectivity index (χ3n) is 1.06. The van der Waals surface area contributed by atoms with E-state index in [1.165, 1.54) is 7.11 Å². The maximum absolute atomic E-state index is 8.41. The molecule has 0 amide bonds. The molecule has 0 N–H and O–H groups in total. The van der Waals surface area contributed by atoms with E-state index in [0.717, 1.165) is 0 Å². The average molecular weight is 159 g/mol. The van der Waals surface area contributed by atoms with Gasteiger partial charge >= 0.3 is 0 Å². The zero-order valence-corrected chi connectivity index (χ0v) is 6.46. The highest BCUT2D eigenvalue weighted by atomic mass is 16.5. The highest BCUT2D eigenvalue weighted by Crippen LogP contribution is 2.11. The van der Waals surface area contributed by atoms with Crippen molar-refractivity contribution < 1.29 is 4.74 Å². The minimum atomic E-state index is -0.246. The lowest BCUT2D eigenvalue weighted by atomic mass is 10.2. The van der Waals surface area contributed by atoms with Crippen LogP contribution in [0.25, 0.3) is 0 Å². The van der Waals surface area contributed by atoms with Gasteiger partial charge in [-0.15, -0.1) is 0 Å². The van der Waals surface area contributed by atoms with Gasteiger partial charge in [-0.3, -0.25) is 0 Å². The van der Waals surface area contributed by atoms with Gasteiger partial charge in [-0.05, 0) is 0 Å². The zero-order valence-electron chi connectivity index (χ0n) is 6.46. The fraction of sp³-hybridized carbons (Fsp3) is 0.125. The molecule has 4 nitrogen and oxygen atoms in total. The van der Waals surface area contributed by atoms with Gasteiger partial charge in [0.2, 0.25) is 0 Å². The van der Waals surface area contributed by atoms with Crippen LogP contribution in [0.1, 0.15) is 0 Å². The van der Waals surface area contributed by atoms with E-state index in [9.17, 15) is 0 Å². The van der Waals surface area contributed by atoms with Crippen molar-refractivity contribution in [2.75, 3.05) is 7.11 Å². The largest absolute Gasteiger partial charge is 0.493 e. The molecule has 0 bridgehead atoms. The maximum Gasteiger partial charge on any atom is 0.172 e. The maximum atomic E-state index is 8.41. The summed E-state index contributed by atoms with van der Waals surface area (Å²) in [6.07, 6.45) is 0. The number of methoxy groups -OCH3 is 1. The van der Waals surface area contributed by atoms with E-state index < -0.39 is 0 Å². The molecule has 0 fully saturated rings. The van der Waals surface area contributed by atoms with Crippen molar-refractivity contribution in [3.05, 3.63) is 23.5 Å². The second kappa shape index (κ2) is 4.55. The summed E-state index contributed by atoms with van der Waals surface area (Å²) >= 11 is 0. The average Bonchev–Trinajstić information content (AvgIpc) is 2.12. The van der Waals surface area contributed by atoms with Crippen LogP contribution in [-0.2, 0) is 4.74 Å². The second-order valence-electron chi connectivity index (χ2n) is 1.72. The molecular formula is C8H5N3O. The van der Waals surface area contributed by atoms with Crippen LogP contribution in [0.4, 0.5) is 0 Å². The molecule has 0 aromatic heterocycles. The summed E-state index contributed by atoms with van der Waals surface area (Å²) in [5.41, 5.74) is -0.278. The van der Waals surface area contributed by atoms with Crippen molar-refractivity contribution in [3.8, 4) is 18.2 Å². The fourth-order valence-corrected chi connectivity index (χ4v) is 0.553. The van der Waals surface area contributed by atoms with Gasteiger partial charge < -0.3 is 4.74 Å². The molecule has 0 unspecified atom stereocenters. The summed E-state index contributed by atoms with van der Waals surface area (Å²) in [4.78, 5) is 0. The SMILES string of the molecule is C=C(C#N)C(OC)=C(C#N)C#N. The topological polar surface area (TPSA) is 80.6 Å². The van der Waals surface area contributed by atoms with Gasteiger partial charge in [0, 0.05) is 0 Å². The first-order chi connectivity index (χ1) is 5.71. The summed E-state index contributed by atoms with van der Waals surface area (Å²) in [7, 11) is 1.27. The van der Waals surface area contributed by atoms with Crippen molar-refractivity contribution in [1.29, 1.82) is 15.8 Å². The van der Waals surface area contributed by atoms with Crippen molar-refractivity contribution in [3.63, 3.8) is 0 Å². The first kappa shape index (κ1) is 9.75. The van der Waals surface area contributed by atoms with Crippen molar-refractivity contribution in [2.24, 2.45) is 0 Å². The molecule has 0 aromatic carbocycles. The van der Waals surface area contributed by atoms with E-state index in [0.29, 0.717) is 0 Å². The van der Waals surface area contributed by atoms with Crippen molar-refractivity contribution in [1.82, 2.24) is 0 Å². The Labute approximate surface area is 70.2 Å². The Kier molecular flexibility index (Phi) is 3.70. The number of allylic oxidation sites excluding steroid dienone is 2. The minimum Gasteiger partial charge on any atom is -0.493 e. The van der Waals surface area contributed by atoms with Crippen LogP contribution in [0, 0.1) is 34.0 Å². The Morgan fingerprint density at radius 3 is 1.92 bits per heavy atom. The first-order valence-corrected chi connectivity index (χ1v) is 2.89. The third-order valence-corrected chi connectivity index (χ3v) is 1.06. The van der Waals surface area contributed by atoms with E-state index in [1.807, 2.05) is 0 Å². The molecule has 0 spiro atoms. The van der Waals surface area contributed by atoms with Gasteiger partial charge in [0.05, 0.1) is 12.7 Å². The molecule has 0 aliphatic rings. The van der Waals surface area contributed by atoms with E-state index in [-0.39, 0.29) is 16.9 Å². The summed E-state index contributed by atoms with van der Waals surface area (Å²) in [5.74, 6) is -0.0671. The summed E-state index contributed by atoms with van der Waals surface area (Å²) in [6, 6.07) is 4.88. The van der Waals surface area contributed by atoms with Crippen LogP contribution < -0.4 is 0 Å². The monoisotopic (exact) mass is 159 g/mol. The van der Waals surface area contributed by atoms with Crippen LogP contribution in [-0.4, -0.2) is 7.11 Å². The predicted molar refractivity (Wildman–Crippen MR) is 40.0 cm³/mol. The molecule has 0 atom stereocenters. The van der Waals surface area contributed by atoms with Crippen LogP contribution in [0.3, 0.4) is 0 Å². The Hall–Kier alpha value is -2.25. The minimum absolute atomic E-state index is 0.0319. The van der Waals surface area contributed by atoms with Gasteiger partial charge in [0.25, 0.3) is 0 Å². The number of nitrogens with zero attached hydrogens (tertiary/aromatic N) is 3. The standard InChI is InChI=1S/C8H5N3O/c1-6(3-9)8(12-2)7(4-10)5-11/h1H2,2H3. The number of hydrogen-bond donors (Lipinski definition) is 0. The van der Waals surface area contributed by atoms with Gasteiger partial charge in [-0.1, -0.05) is 6.58 Å². The van der Waals surface area contributed by atoms with Gasteiger partial charge in [-0.25, -0.2) is 0 Å². The van der Waals surface area contributed by atoms with E-state index >= 15 is 0 Å². The Balaban J connectivity index is 5.21. The lowest BCUT2D eigenvalue weighted by molar-refractivity contribution is 0.301. The zero-order chi connectivity index (χ0) is 9.56. The summed E-state index contributed by atoms with van der Waals surface area (Å²) in [6.45, 7) is 3.31. The summed E-state index contributed by atoms with van der Waals surface area (Å²) < 4.78 is 4.66. The number of hydrogen-bond acceptors (Lipinski definition) is 4. The first-order valence-electron chi connectivity index (χ1n) is 2.89. The Bertz CT molecular complexity index is 330. The second-order valence-corrected chi connectivity index (χ2v) is 1.72. The molecule has 0 saturated heterocycles. The predicted octanol–water partition coefficient (Wildman–Crippen LogP) is 1.01. The highest BCUT2D eigenvalue weighted by Gasteiger charge is 2.09. The van der Waals surface area contributed by atoms with Crippen LogP contribution in [0.15, 0.2) is 23.5 Å². The fourth-order valence-electron chi connectivity index (χ4n) is 0.553. The summed E-state index contributed by atoms with van der Waals surface area (Å²) in [5, 5.41) is 25.2.